The van der Waals surface area contributed by atoms with Gasteiger partial charge in [0, 0.05) is 11.6 Å². The monoisotopic (exact) mass is 389 g/mol. The highest BCUT2D eigenvalue weighted by atomic mass is 16.5. The maximum atomic E-state index is 12.5. The molecule has 0 radical (unpaired) electrons. The van der Waals surface area contributed by atoms with Crippen LogP contribution in [0.3, 0.4) is 0 Å². The molecule has 0 unspecified atom stereocenters. The number of fused-ring (bicyclic) bond motifs is 1. The van der Waals surface area contributed by atoms with Gasteiger partial charge in [-0.3, -0.25) is 19.3 Å². The van der Waals surface area contributed by atoms with E-state index in [-0.39, 0.29) is 36.8 Å². The van der Waals surface area contributed by atoms with Crippen molar-refractivity contribution in [2.45, 2.75) is 46.6 Å². The lowest BCUT2D eigenvalue weighted by Gasteiger charge is -2.29. The highest BCUT2D eigenvalue weighted by Gasteiger charge is 2.28. The second-order valence-electron chi connectivity index (χ2n) is 7.14. The van der Waals surface area contributed by atoms with Crippen LogP contribution in [-0.2, 0) is 9.59 Å². The molecule has 0 fully saturated rings. The molecule has 7 heteroatoms. The SMILES string of the molecule is CCN(CC)CCC[C@@H](C)NC(=O)CN1C(=O)COc2ccc(C(C)=O)cc21. The quantitative estimate of drug-likeness (QED) is 0.621. The largest absolute Gasteiger partial charge is 0.482 e. The van der Waals surface area contributed by atoms with Crippen LogP contribution in [0.1, 0.15) is 50.9 Å². The Bertz CT molecular complexity index is 716. The van der Waals surface area contributed by atoms with Gasteiger partial charge in [-0.2, -0.15) is 0 Å². The lowest BCUT2D eigenvalue weighted by molar-refractivity contribution is -0.125. The first-order chi connectivity index (χ1) is 13.3. The van der Waals surface area contributed by atoms with Gasteiger partial charge in [0.15, 0.2) is 12.4 Å². The molecule has 0 aliphatic carbocycles. The van der Waals surface area contributed by atoms with E-state index in [0.717, 1.165) is 32.5 Å². The molecule has 154 valence electrons. The van der Waals surface area contributed by atoms with Crippen molar-refractivity contribution >= 4 is 23.3 Å². The lowest BCUT2D eigenvalue weighted by Crippen LogP contribution is -2.47. The molecular weight excluding hydrogens is 358 g/mol. The fourth-order valence-corrected chi connectivity index (χ4v) is 3.29. The number of hydrogen-bond donors (Lipinski definition) is 1. The van der Waals surface area contributed by atoms with Crippen LogP contribution in [0, 0.1) is 0 Å². The van der Waals surface area contributed by atoms with Crippen LogP contribution < -0.4 is 15.0 Å². The third-order valence-electron chi connectivity index (χ3n) is 5.02. The first kappa shape index (κ1) is 21.9. The zero-order chi connectivity index (χ0) is 20.7. The topological polar surface area (TPSA) is 79.0 Å². The molecule has 0 aromatic heterocycles. The molecular formula is C21H31N3O4. The number of carbonyl (C=O) groups is 3. The predicted octanol–water partition coefficient (Wildman–Crippen LogP) is 2.24. The number of hydrogen-bond acceptors (Lipinski definition) is 5. The Morgan fingerprint density at radius 1 is 1.29 bits per heavy atom. The Morgan fingerprint density at radius 2 is 2.00 bits per heavy atom. The number of rotatable bonds is 10. The summed E-state index contributed by atoms with van der Waals surface area (Å²) < 4.78 is 5.42. The number of carbonyl (C=O) groups excluding carboxylic acids is 3. The Hall–Kier alpha value is -2.41. The standard InChI is InChI=1S/C21H31N3O4/c1-5-23(6-2)11-7-8-15(3)22-20(26)13-24-18-12-17(16(4)25)9-10-19(18)28-14-21(24)27/h9-10,12,15H,5-8,11,13-14H2,1-4H3,(H,22,26)/t15-/m1/s1. The van der Waals surface area contributed by atoms with Gasteiger partial charge in [0.25, 0.3) is 5.91 Å². The minimum atomic E-state index is -0.294. The highest BCUT2D eigenvalue weighted by molar-refractivity contribution is 6.04. The van der Waals surface area contributed by atoms with Gasteiger partial charge in [0.05, 0.1) is 5.69 Å². The van der Waals surface area contributed by atoms with Gasteiger partial charge in [-0.15, -0.1) is 0 Å². The molecule has 2 amide bonds. The molecule has 1 aliphatic rings. The van der Waals surface area contributed by atoms with Gasteiger partial charge >= 0.3 is 0 Å². The minimum Gasteiger partial charge on any atom is -0.482 e. The van der Waals surface area contributed by atoms with E-state index in [1.54, 1.807) is 18.2 Å². The highest BCUT2D eigenvalue weighted by Crippen LogP contribution is 2.33. The average Bonchev–Trinajstić information content (AvgIpc) is 2.67. The van der Waals surface area contributed by atoms with Crippen molar-refractivity contribution < 1.29 is 19.1 Å². The maximum absolute atomic E-state index is 12.5. The smallest absolute Gasteiger partial charge is 0.265 e. The Balaban J connectivity index is 1.95. The van der Waals surface area contributed by atoms with E-state index in [2.05, 4.69) is 24.1 Å². The van der Waals surface area contributed by atoms with Gasteiger partial charge in [0.1, 0.15) is 12.3 Å². The molecule has 1 aliphatic heterocycles. The summed E-state index contributed by atoms with van der Waals surface area (Å²) in [5.41, 5.74) is 0.945. The van der Waals surface area contributed by atoms with Crippen LogP contribution in [0.25, 0.3) is 0 Å². The molecule has 1 aromatic carbocycles. The van der Waals surface area contributed by atoms with E-state index in [0.29, 0.717) is 17.0 Å². The van der Waals surface area contributed by atoms with Crippen molar-refractivity contribution in [1.29, 1.82) is 0 Å². The van der Waals surface area contributed by atoms with Crippen molar-refractivity contribution in [2.24, 2.45) is 0 Å². The summed E-state index contributed by atoms with van der Waals surface area (Å²) in [4.78, 5) is 40.2. The van der Waals surface area contributed by atoms with E-state index in [1.165, 1.54) is 11.8 Å². The van der Waals surface area contributed by atoms with Crippen molar-refractivity contribution in [3.05, 3.63) is 23.8 Å². The summed E-state index contributed by atoms with van der Waals surface area (Å²) in [6.45, 7) is 10.6. The second-order valence-corrected chi connectivity index (χ2v) is 7.14. The molecule has 1 aromatic rings. The summed E-state index contributed by atoms with van der Waals surface area (Å²) in [5, 5.41) is 2.97. The summed E-state index contributed by atoms with van der Waals surface area (Å²) in [7, 11) is 0. The molecule has 0 saturated heterocycles. The maximum Gasteiger partial charge on any atom is 0.265 e. The molecule has 0 saturated carbocycles. The number of ketones is 1. The third kappa shape index (κ3) is 5.79. The molecule has 1 N–H and O–H groups in total. The van der Waals surface area contributed by atoms with E-state index in [1.807, 2.05) is 6.92 Å². The Labute approximate surface area is 167 Å². The molecule has 7 nitrogen and oxygen atoms in total. The van der Waals surface area contributed by atoms with Crippen molar-refractivity contribution in [2.75, 3.05) is 37.7 Å². The van der Waals surface area contributed by atoms with Crippen LogP contribution in [0.15, 0.2) is 18.2 Å². The van der Waals surface area contributed by atoms with Crippen molar-refractivity contribution in [3.8, 4) is 5.75 Å². The van der Waals surface area contributed by atoms with Crippen LogP contribution in [0.5, 0.6) is 5.75 Å². The molecule has 0 bridgehead atoms. The summed E-state index contributed by atoms with van der Waals surface area (Å²) in [5.74, 6) is -0.112. The van der Waals surface area contributed by atoms with Crippen LogP contribution in [0.4, 0.5) is 5.69 Å². The molecule has 28 heavy (non-hydrogen) atoms. The number of ether oxygens (including phenoxy) is 1. The summed E-state index contributed by atoms with van der Waals surface area (Å²) in [6.07, 6.45) is 1.88. The van der Waals surface area contributed by atoms with Crippen LogP contribution in [0.2, 0.25) is 0 Å². The van der Waals surface area contributed by atoms with Crippen LogP contribution in [-0.4, -0.2) is 61.3 Å². The zero-order valence-corrected chi connectivity index (χ0v) is 17.3. The number of nitrogens with zero attached hydrogens (tertiary/aromatic N) is 2. The molecule has 1 heterocycles. The molecule has 2 rings (SSSR count). The summed E-state index contributed by atoms with van der Waals surface area (Å²) >= 11 is 0. The van der Waals surface area contributed by atoms with Gasteiger partial charge < -0.3 is 15.0 Å². The van der Waals surface area contributed by atoms with Gasteiger partial charge in [-0.1, -0.05) is 13.8 Å². The third-order valence-corrected chi connectivity index (χ3v) is 5.02. The van der Waals surface area contributed by atoms with E-state index < -0.39 is 0 Å². The average molecular weight is 389 g/mol. The zero-order valence-electron chi connectivity index (χ0n) is 17.3. The number of benzene rings is 1. The normalized spacial score (nSPS) is 14.5. The van der Waals surface area contributed by atoms with Crippen molar-refractivity contribution in [1.82, 2.24) is 10.2 Å². The summed E-state index contributed by atoms with van der Waals surface area (Å²) in [6, 6.07) is 4.96. The number of Topliss-reactive ketones (excluding diaryl/α,β-unsaturated/α-hetero) is 1. The van der Waals surface area contributed by atoms with E-state index in [4.69, 9.17) is 4.74 Å². The Morgan fingerprint density at radius 3 is 2.64 bits per heavy atom. The van der Waals surface area contributed by atoms with Gasteiger partial charge in [0.2, 0.25) is 5.91 Å². The number of nitrogens with one attached hydrogen (secondary N) is 1. The molecule has 0 spiro atoms. The van der Waals surface area contributed by atoms with Gasteiger partial charge in [-0.25, -0.2) is 0 Å². The molecule has 1 atom stereocenters. The first-order valence-electron chi connectivity index (χ1n) is 9.95. The Kier molecular flexibility index (Phi) is 7.99. The fourth-order valence-electron chi connectivity index (χ4n) is 3.29. The van der Waals surface area contributed by atoms with Crippen LogP contribution >= 0.6 is 0 Å². The number of anilines is 1. The predicted molar refractivity (Wildman–Crippen MR) is 109 cm³/mol. The number of amides is 2. The minimum absolute atomic E-state index is 0.0298. The van der Waals surface area contributed by atoms with E-state index in [9.17, 15) is 14.4 Å². The lowest BCUT2D eigenvalue weighted by atomic mass is 10.1. The first-order valence-corrected chi connectivity index (χ1v) is 9.95. The van der Waals surface area contributed by atoms with E-state index >= 15 is 0 Å². The second kappa shape index (κ2) is 10.2. The fraction of sp³-hybridized carbons (Fsp3) is 0.571. The van der Waals surface area contributed by atoms with Crippen molar-refractivity contribution in [3.63, 3.8) is 0 Å². The van der Waals surface area contributed by atoms with Gasteiger partial charge in [-0.05, 0) is 64.5 Å².